The zero-order valence-corrected chi connectivity index (χ0v) is 11.5. The lowest BCUT2D eigenvalue weighted by Gasteiger charge is -2.29. The summed E-state index contributed by atoms with van der Waals surface area (Å²) in [5, 5.41) is 0.997. The molecule has 2 aliphatic heterocycles. The fraction of sp³-hybridized carbons (Fsp3) is 0.500. The molecule has 0 saturated carbocycles. The summed E-state index contributed by atoms with van der Waals surface area (Å²) in [6.45, 7) is 4.14. The number of fused-ring (bicyclic) bond motifs is 2. The molecule has 2 N–H and O–H groups in total. The Labute approximate surface area is 117 Å². The summed E-state index contributed by atoms with van der Waals surface area (Å²) < 4.78 is 5.81. The highest BCUT2D eigenvalue weighted by Crippen LogP contribution is 2.34. The molecule has 1 fully saturated rings. The lowest BCUT2D eigenvalue weighted by Crippen LogP contribution is -2.35. The summed E-state index contributed by atoms with van der Waals surface area (Å²) in [4.78, 5) is 16.0. The first-order valence-corrected chi connectivity index (χ1v) is 7.00. The second kappa shape index (κ2) is 4.28. The van der Waals surface area contributed by atoms with E-state index in [1.807, 2.05) is 13.0 Å². The number of nitrogen functional groups attached to an aromatic ring is 1. The van der Waals surface area contributed by atoms with E-state index in [-0.39, 0.29) is 0 Å². The number of pyridine rings is 1. The quantitative estimate of drug-likeness (QED) is 0.780. The van der Waals surface area contributed by atoms with Crippen LogP contribution in [0.5, 0.6) is 0 Å². The molecule has 4 rings (SSSR count). The van der Waals surface area contributed by atoms with Gasteiger partial charge >= 0.3 is 0 Å². The summed E-state index contributed by atoms with van der Waals surface area (Å²) in [5.41, 5.74) is 7.60. The van der Waals surface area contributed by atoms with E-state index in [1.165, 1.54) is 6.42 Å². The number of anilines is 2. The van der Waals surface area contributed by atoms with Gasteiger partial charge in [0.15, 0.2) is 0 Å². The number of hydrogen-bond acceptors (Lipinski definition) is 6. The van der Waals surface area contributed by atoms with Gasteiger partial charge < -0.3 is 15.4 Å². The number of hydrogen-bond donors (Lipinski definition) is 1. The van der Waals surface area contributed by atoms with E-state index in [9.17, 15) is 0 Å². The number of rotatable bonds is 0. The SMILES string of the molecule is Cc1nc2c3c(nc(N)cc3n1)COCC1CCCN21. The summed E-state index contributed by atoms with van der Waals surface area (Å²) >= 11 is 0. The Morgan fingerprint density at radius 3 is 3.15 bits per heavy atom. The highest BCUT2D eigenvalue weighted by atomic mass is 16.5. The minimum Gasteiger partial charge on any atom is -0.384 e. The molecule has 6 nitrogen and oxygen atoms in total. The standard InChI is InChI=1S/C14H17N5O/c1-8-16-10-5-12(15)18-11-7-20-6-9-3-2-4-19(9)14(17-8)13(10)11/h5,9H,2-4,6-7H2,1H3,(H2,15,18). The molecule has 0 radical (unpaired) electrons. The van der Waals surface area contributed by atoms with E-state index in [2.05, 4.69) is 19.9 Å². The molecule has 1 atom stereocenters. The van der Waals surface area contributed by atoms with Crippen LogP contribution in [0.3, 0.4) is 0 Å². The average molecular weight is 271 g/mol. The number of aromatic nitrogens is 3. The molecule has 2 aromatic rings. The van der Waals surface area contributed by atoms with Crippen molar-refractivity contribution in [3.05, 3.63) is 17.6 Å². The average Bonchev–Trinajstić information content (AvgIpc) is 2.83. The van der Waals surface area contributed by atoms with Crippen LogP contribution in [-0.2, 0) is 11.3 Å². The van der Waals surface area contributed by atoms with Gasteiger partial charge in [-0.15, -0.1) is 0 Å². The van der Waals surface area contributed by atoms with Crippen molar-refractivity contribution in [2.24, 2.45) is 0 Å². The maximum absolute atomic E-state index is 5.88. The Balaban J connectivity index is 2.05. The van der Waals surface area contributed by atoms with Crippen molar-refractivity contribution in [3.8, 4) is 0 Å². The van der Waals surface area contributed by atoms with Crippen LogP contribution in [0, 0.1) is 6.92 Å². The fourth-order valence-corrected chi connectivity index (χ4v) is 3.24. The number of ether oxygens (including phenoxy) is 1. The van der Waals surface area contributed by atoms with Crippen LogP contribution < -0.4 is 10.6 Å². The molecule has 0 bridgehead atoms. The van der Waals surface area contributed by atoms with Crippen LogP contribution in [-0.4, -0.2) is 34.1 Å². The first kappa shape index (κ1) is 11.8. The monoisotopic (exact) mass is 271 g/mol. The van der Waals surface area contributed by atoms with Crippen LogP contribution in [0.25, 0.3) is 10.9 Å². The molecule has 6 heteroatoms. The highest BCUT2D eigenvalue weighted by Gasteiger charge is 2.30. The minimum absolute atomic E-state index is 0.415. The van der Waals surface area contributed by atoms with Crippen molar-refractivity contribution in [1.82, 2.24) is 15.0 Å². The summed E-state index contributed by atoms with van der Waals surface area (Å²) in [5.74, 6) is 2.26. The predicted octanol–water partition coefficient (Wildman–Crippen LogP) is 1.41. The molecule has 0 aromatic carbocycles. The molecule has 104 valence electrons. The molecule has 2 aliphatic rings. The van der Waals surface area contributed by atoms with Gasteiger partial charge in [0, 0.05) is 12.6 Å². The van der Waals surface area contributed by atoms with E-state index in [4.69, 9.17) is 10.5 Å². The largest absolute Gasteiger partial charge is 0.384 e. The third-order valence-corrected chi connectivity index (χ3v) is 4.07. The topological polar surface area (TPSA) is 77.2 Å². The summed E-state index contributed by atoms with van der Waals surface area (Å²) in [7, 11) is 0. The van der Waals surface area contributed by atoms with Gasteiger partial charge in [-0.2, -0.15) is 0 Å². The lowest BCUT2D eigenvalue weighted by molar-refractivity contribution is 0.105. The predicted molar refractivity (Wildman–Crippen MR) is 76.5 cm³/mol. The fourth-order valence-electron chi connectivity index (χ4n) is 3.24. The van der Waals surface area contributed by atoms with E-state index in [0.29, 0.717) is 18.5 Å². The highest BCUT2D eigenvalue weighted by molar-refractivity contribution is 5.93. The van der Waals surface area contributed by atoms with Crippen LogP contribution >= 0.6 is 0 Å². The minimum atomic E-state index is 0.415. The number of nitrogens with two attached hydrogens (primary N) is 1. The third-order valence-electron chi connectivity index (χ3n) is 4.07. The number of nitrogens with zero attached hydrogens (tertiary/aromatic N) is 4. The van der Waals surface area contributed by atoms with Crippen molar-refractivity contribution in [2.45, 2.75) is 32.4 Å². The molecular formula is C14H17N5O. The maximum Gasteiger partial charge on any atom is 0.142 e. The first-order valence-electron chi connectivity index (χ1n) is 7.00. The Kier molecular flexibility index (Phi) is 2.53. The van der Waals surface area contributed by atoms with Gasteiger partial charge in [-0.3, -0.25) is 0 Å². The molecule has 0 amide bonds. The van der Waals surface area contributed by atoms with Gasteiger partial charge in [0.25, 0.3) is 0 Å². The maximum atomic E-state index is 5.88. The molecule has 20 heavy (non-hydrogen) atoms. The normalized spacial score (nSPS) is 21.6. The van der Waals surface area contributed by atoms with Crippen molar-refractivity contribution >= 4 is 22.5 Å². The second-order valence-corrected chi connectivity index (χ2v) is 5.49. The van der Waals surface area contributed by atoms with Gasteiger partial charge in [-0.1, -0.05) is 0 Å². The van der Waals surface area contributed by atoms with E-state index < -0.39 is 0 Å². The lowest BCUT2D eigenvalue weighted by atomic mass is 10.1. The second-order valence-electron chi connectivity index (χ2n) is 5.49. The Hall–Kier alpha value is -1.95. The molecule has 0 spiro atoms. The smallest absolute Gasteiger partial charge is 0.142 e. The van der Waals surface area contributed by atoms with Crippen molar-refractivity contribution in [1.29, 1.82) is 0 Å². The summed E-state index contributed by atoms with van der Waals surface area (Å²) in [6, 6.07) is 2.24. The Morgan fingerprint density at radius 1 is 1.35 bits per heavy atom. The van der Waals surface area contributed by atoms with Gasteiger partial charge in [0.2, 0.25) is 0 Å². The summed E-state index contributed by atoms with van der Waals surface area (Å²) in [6.07, 6.45) is 2.33. The van der Waals surface area contributed by atoms with Gasteiger partial charge in [-0.25, -0.2) is 15.0 Å². The van der Waals surface area contributed by atoms with E-state index >= 15 is 0 Å². The Bertz CT molecular complexity index is 682. The molecule has 2 aromatic heterocycles. The van der Waals surface area contributed by atoms with Crippen LogP contribution in [0.15, 0.2) is 6.07 Å². The number of aryl methyl sites for hydroxylation is 1. The molecular weight excluding hydrogens is 254 g/mol. The molecule has 1 unspecified atom stereocenters. The van der Waals surface area contributed by atoms with Crippen LogP contribution in [0.2, 0.25) is 0 Å². The molecule has 1 saturated heterocycles. The van der Waals surface area contributed by atoms with Crippen LogP contribution in [0.1, 0.15) is 24.4 Å². The zero-order valence-electron chi connectivity index (χ0n) is 11.5. The van der Waals surface area contributed by atoms with Crippen LogP contribution in [0.4, 0.5) is 11.6 Å². The van der Waals surface area contributed by atoms with Crippen molar-refractivity contribution in [3.63, 3.8) is 0 Å². The van der Waals surface area contributed by atoms with Gasteiger partial charge in [0.05, 0.1) is 35.9 Å². The van der Waals surface area contributed by atoms with Crippen molar-refractivity contribution < 1.29 is 4.74 Å². The zero-order chi connectivity index (χ0) is 13.7. The van der Waals surface area contributed by atoms with Gasteiger partial charge in [-0.05, 0) is 19.8 Å². The van der Waals surface area contributed by atoms with E-state index in [1.54, 1.807) is 0 Å². The third kappa shape index (κ3) is 1.71. The molecule has 4 heterocycles. The molecule has 0 aliphatic carbocycles. The van der Waals surface area contributed by atoms with Gasteiger partial charge in [0.1, 0.15) is 17.5 Å². The van der Waals surface area contributed by atoms with Crippen molar-refractivity contribution in [2.75, 3.05) is 23.8 Å². The van der Waals surface area contributed by atoms with E-state index in [0.717, 1.165) is 47.8 Å². The first-order chi connectivity index (χ1) is 9.72. The Morgan fingerprint density at radius 2 is 2.25 bits per heavy atom.